The number of likely N-dealkylation sites (tertiary alicyclic amines) is 1. The summed E-state index contributed by atoms with van der Waals surface area (Å²) in [7, 11) is 0. The van der Waals surface area contributed by atoms with Crippen molar-refractivity contribution in [3.63, 3.8) is 0 Å². The van der Waals surface area contributed by atoms with E-state index in [1.54, 1.807) is 0 Å². The van der Waals surface area contributed by atoms with Crippen LogP contribution in [-0.4, -0.2) is 46.7 Å². The van der Waals surface area contributed by atoms with Crippen LogP contribution in [0.3, 0.4) is 0 Å². The molecular weight excluding hydrogens is 336 g/mol. The van der Waals surface area contributed by atoms with E-state index >= 15 is 0 Å². The summed E-state index contributed by atoms with van der Waals surface area (Å²) in [5.41, 5.74) is 0. The van der Waals surface area contributed by atoms with Crippen molar-refractivity contribution in [2.24, 2.45) is 5.92 Å². The van der Waals surface area contributed by atoms with Gasteiger partial charge in [0.05, 0.1) is 5.25 Å². The van der Waals surface area contributed by atoms with E-state index in [-0.39, 0.29) is 28.9 Å². The molecule has 0 radical (unpaired) electrons. The molecule has 1 unspecified atom stereocenters. The first-order valence-corrected chi connectivity index (χ1v) is 10.9. The Hall–Kier alpha value is -1.04. The molecule has 6 heteroatoms. The van der Waals surface area contributed by atoms with Crippen molar-refractivity contribution in [2.75, 3.05) is 18.8 Å². The second kappa shape index (κ2) is 10.8. The van der Waals surface area contributed by atoms with E-state index in [9.17, 15) is 14.4 Å². The summed E-state index contributed by atoms with van der Waals surface area (Å²) in [5.74, 6) is 0.977. The van der Waals surface area contributed by atoms with Crippen LogP contribution in [0.25, 0.3) is 0 Å². The number of thioether (sulfide) groups is 1. The number of amides is 3. The van der Waals surface area contributed by atoms with Crippen LogP contribution in [-0.2, 0) is 14.4 Å². The van der Waals surface area contributed by atoms with Crippen molar-refractivity contribution in [1.82, 2.24) is 10.2 Å². The Labute approximate surface area is 155 Å². The summed E-state index contributed by atoms with van der Waals surface area (Å²) in [5, 5.41) is 2.64. The van der Waals surface area contributed by atoms with E-state index in [0.717, 1.165) is 25.7 Å². The molecule has 0 bridgehead atoms. The molecule has 2 rings (SSSR count). The lowest BCUT2D eigenvalue weighted by Crippen LogP contribution is -2.32. The summed E-state index contributed by atoms with van der Waals surface area (Å²) < 4.78 is 0. The first-order chi connectivity index (χ1) is 12.1. The highest BCUT2D eigenvalue weighted by Crippen LogP contribution is 2.29. The first-order valence-electron chi connectivity index (χ1n) is 9.87. The average molecular weight is 369 g/mol. The highest BCUT2D eigenvalue weighted by atomic mass is 32.2. The fraction of sp³-hybridized carbons (Fsp3) is 0.842. The van der Waals surface area contributed by atoms with Gasteiger partial charge in [0.25, 0.3) is 0 Å². The molecule has 3 amide bonds. The topological polar surface area (TPSA) is 66.5 Å². The van der Waals surface area contributed by atoms with Gasteiger partial charge < -0.3 is 5.32 Å². The van der Waals surface area contributed by atoms with Crippen LogP contribution >= 0.6 is 11.8 Å². The molecule has 25 heavy (non-hydrogen) atoms. The van der Waals surface area contributed by atoms with Crippen molar-refractivity contribution in [1.29, 1.82) is 0 Å². The molecular formula is C19H32N2O3S. The lowest BCUT2D eigenvalue weighted by atomic mass is 10.1. The number of nitrogens with one attached hydrogen (secondary N) is 1. The van der Waals surface area contributed by atoms with E-state index < -0.39 is 0 Å². The Morgan fingerprint density at radius 3 is 2.48 bits per heavy atom. The van der Waals surface area contributed by atoms with E-state index in [1.807, 2.05) is 0 Å². The number of hydrogen-bond donors (Lipinski definition) is 1. The highest BCUT2D eigenvalue weighted by molar-refractivity contribution is 8.00. The standard InChI is InChI=1S/C19H32N2O3S/c1-2-3-4-5-6-7-8-12-21-17(22)14-16(19(21)24)25-13-11-20-18(23)15-9-10-15/h15-16H,2-14H2,1H3,(H,20,23). The van der Waals surface area contributed by atoms with Gasteiger partial charge in [-0.2, -0.15) is 0 Å². The van der Waals surface area contributed by atoms with Crippen molar-refractivity contribution >= 4 is 29.5 Å². The van der Waals surface area contributed by atoms with Gasteiger partial charge in [-0.3, -0.25) is 19.3 Å². The monoisotopic (exact) mass is 368 g/mol. The maximum atomic E-state index is 12.4. The van der Waals surface area contributed by atoms with Gasteiger partial charge in [0.15, 0.2) is 0 Å². The maximum absolute atomic E-state index is 12.4. The number of unbranched alkanes of at least 4 members (excludes halogenated alkanes) is 6. The molecule has 1 saturated heterocycles. The number of hydrogen-bond acceptors (Lipinski definition) is 4. The molecule has 5 nitrogen and oxygen atoms in total. The van der Waals surface area contributed by atoms with E-state index in [0.29, 0.717) is 25.3 Å². The summed E-state index contributed by atoms with van der Waals surface area (Å²) in [6.45, 7) is 3.36. The lowest BCUT2D eigenvalue weighted by molar-refractivity contribution is -0.138. The van der Waals surface area contributed by atoms with Gasteiger partial charge in [-0.25, -0.2) is 0 Å². The van der Waals surface area contributed by atoms with Gasteiger partial charge >= 0.3 is 0 Å². The molecule has 2 aliphatic rings. The highest BCUT2D eigenvalue weighted by Gasteiger charge is 2.38. The summed E-state index contributed by atoms with van der Waals surface area (Å²) >= 11 is 1.50. The van der Waals surface area contributed by atoms with Crippen LogP contribution in [0, 0.1) is 5.92 Å². The first kappa shape index (κ1) is 20.3. The van der Waals surface area contributed by atoms with Crippen LogP contribution in [0.4, 0.5) is 0 Å². The molecule has 0 aromatic heterocycles. The summed E-state index contributed by atoms with van der Waals surface area (Å²) in [4.78, 5) is 37.4. The number of carbonyl (C=O) groups excluding carboxylic acids is 3. The Bertz CT molecular complexity index is 466. The van der Waals surface area contributed by atoms with Crippen molar-refractivity contribution in [3.8, 4) is 0 Å². The lowest BCUT2D eigenvalue weighted by Gasteiger charge is -2.14. The summed E-state index contributed by atoms with van der Waals surface area (Å²) in [6, 6.07) is 0. The van der Waals surface area contributed by atoms with Gasteiger partial charge in [-0.15, -0.1) is 11.8 Å². The third-order valence-corrected chi connectivity index (χ3v) is 6.07. The second-order valence-electron chi connectivity index (χ2n) is 7.13. The van der Waals surface area contributed by atoms with Gasteiger partial charge in [-0.05, 0) is 19.3 Å². The fourth-order valence-electron chi connectivity index (χ4n) is 3.11. The Balaban J connectivity index is 1.56. The van der Waals surface area contributed by atoms with Crippen molar-refractivity contribution in [2.45, 2.75) is 76.4 Å². The predicted molar refractivity (Wildman–Crippen MR) is 101 cm³/mol. The minimum Gasteiger partial charge on any atom is -0.355 e. The predicted octanol–water partition coefficient (Wildman–Crippen LogP) is 3.12. The van der Waals surface area contributed by atoms with Crippen LogP contribution in [0.15, 0.2) is 0 Å². The number of carbonyl (C=O) groups is 3. The van der Waals surface area contributed by atoms with Crippen LogP contribution in [0.1, 0.15) is 71.1 Å². The van der Waals surface area contributed by atoms with Crippen molar-refractivity contribution in [3.05, 3.63) is 0 Å². The van der Waals surface area contributed by atoms with Crippen LogP contribution in [0.2, 0.25) is 0 Å². The zero-order valence-electron chi connectivity index (χ0n) is 15.4. The minimum atomic E-state index is -0.255. The van der Waals surface area contributed by atoms with E-state index in [2.05, 4.69) is 12.2 Å². The average Bonchev–Trinajstić information content (AvgIpc) is 3.40. The Kier molecular flexibility index (Phi) is 8.79. The fourth-order valence-corrected chi connectivity index (χ4v) is 4.14. The SMILES string of the molecule is CCCCCCCCCN1C(=O)CC(SCCNC(=O)C2CC2)C1=O. The Morgan fingerprint density at radius 1 is 1.12 bits per heavy atom. The zero-order chi connectivity index (χ0) is 18.1. The largest absolute Gasteiger partial charge is 0.355 e. The molecule has 1 aliphatic carbocycles. The molecule has 0 spiro atoms. The maximum Gasteiger partial charge on any atom is 0.242 e. The zero-order valence-corrected chi connectivity index (χ0v) is 16.2. The van der Waals surface area contributed by atoms with Crippen LogP contribution < -0.4 is 5.32 Å². The molecule has 1 aliphatic heterocycles. The molecule has 1 N–H and O–H groups in total. The molecule has 1 saturated carbocycles. The van der Waals surface area contributed by atoms with Crippen molar-refractivity contribution < 1.29 is 14.4 Å². The number of nitrogens with zero attached hydrogens (tertiary/aromatic N) is 1. The summed E-state index contributed by atoms with van der Waals surface area (Å²) in [6.07, 6.45) is 10.6. The normalized spacial score (nSPS) is 20.4. The molecule has 1 atom stereocenters. The van der Waals surface area contributed by atoms with Gasteiger partial charge in [0.2, 0.25) is 17.7 Å². The third kappa shape index (κ3) is 7.00. The van der Waals surface area contributed by atoms with Gasteiger partial charge in [0, 0.05) is 31.2 Å². The van der Waals surface area contributed by atoms with Crippen LogP contribution in [0.5, 0.6) is 0 Å². The quantitative estimate of drug-likeness (QED) is 0.401. The van der Waals surface area contributed by atoms with E-state index in [1.165, 1.54) is 48.8 Å². The second-order valence-corrected chi connectivity index (χ2v) is 8.44. The molecule has 0 aromatic carbocycles. The smallest absolute Gasteiger partial charge is 0.242 e. The molecule has 2 fully saturated rings. The number of imide groups is 1. The number of rotatable bonds is 13. The van der Waals surface area contributed by atoms with Gasteiger partial charge in [0.1, 0.15) is 0 Å². The van der Waals surface area contributed by atoms with Gasteiger partial charge in [-0.1, -0.05) is 45.4 Å². The minimum absolute atomic E-state index is 0.0319. The third-order valence-electron chi connectivity index (χ3n) is 4.86. The Morgan fingerprint density at radius 2 is 1.80 bits per heavy atom. The molecule has 0 aromatic rings. The molecule has 1 heterocycles. The molecule has 142 valence electrons. The van der Waals surface area contributed by atoms with E-state index in [4.69, 9.17) is 0 Å².